The number of rotatable bonds is 2. The van der Waals surface area contributed by atoms with Gasteiger partial charge in [-0.25, -0.2) is 9.97 Å². The number of carbonyl (C=O) groups is 1. The summed E-state index contributed by atoms with van der Waals surface area (Å²) in [7, 11) is 0. The highest BCUT2D eigenvalue weighted by Gasteiger charge is 2.06. The molecule has 0 bridgehead atoms. The Labute approximate surface area is 116 Å². The van der Waals surface area contributed by atoms with E-state index in [9.17, 15) is 4.79 Å². The predicted molar refractivity (Wildman–Crippen MR) is 74.9 cm³/mol. The van der Waals surface area contributed by atoms with Crippen LogP contribution in [0.1, 0.15) is 10.4 Å². The van der Waals surface area contributed by atoms with Crippen LogP contribution in [-0.2, 0) is 0 Å². The molecule has 19 heavy (non-hydrogen) atoms. The van der Waals surface area contributed by atoms with Crippen molar-refractivity contribution in [2.24, 2.45) is 16.5 Å². The van der Waals surface area contributed by atoms with Crippen molar-refractivity contribution < 1.29 is 4.79 Å². The van der Waals surface area contributed by atoms with E-state index in [1.165, 1.54) is 6.33 Å². The topological polar surface area (TPSA) is 107 Å². The Kier molecular flexibility index (Phi) is 4.96. The summed E-state index contributed by atoms with van der Waals surface area (Å²) in [6, 6.07) is 8.66. The quantitative estimate of drug-likeness (QED) is 0.628. The minimum atomic E-state index is -0.481. The lowest BCUT2D eigenvalue weighted by molar-refractivity contribution is 0.100. The second-order valence-corrected chi connectivity index (χ2v) is 3.52. The van der Waals surface area contributed by atoms with E-state index < -0.39 is 5.91 Å². The molecular weight excluding hydrogens is 266 g/mol. The van der Waals surface area contributed by atoms with Gasteiger partial charge in [0.2, 0.25) is 0 Å². The number of guanidine groups is 1. The molecule has 0 unspecified atom stereocenters. The Balaban J connectivity index is 0.00000180. The Morgan fingerprint density at radius 1 is 1.21 bits per heavy atom. The van der Waals surface area contributed by atoms with E-state index in [0.29, 0.717) is 5.56 Å². The molecule has 0 spiro atoms. The number of nitrogens with zero attached hydrogens (tertiary/aromatic N) is 3. The molecule has 0 aliphatic carbocycles. The van der Waals surface area contributed by atoms with Crippen LogP contribution in [0.15, 0.2) is 47.8 Å². The van der Waals surface area contributed by atoms with Gasteiger partial charge in [-0.05, 0) is 18.2 Å². The van der Waals surface area contributed by atoms with Gasteiger partial charge in [0, 0.05) is 17.3 Å². The van der Waals surface area contributed by atoms with Crippen LogP contribution < -0.4 is 11.5 Å². The normalized spacial score (nSPS) is 9.26. The van der Waals surface area contributed by atoms with Gasteiger partial charge in [-0.3, -0.25) is 4.79 Å². The Morgan fingerprint density at radius 3 is 2.63 bits per heavy atom. The summed E-state index contributed by atoms with van der Waals surface area (Å²) in [6.07, 6.45) is 3.08. The maximum absolute atomic E-state index is 11.7. The zero-order chi connectivity index (χ0) is 13.0. The maximum atomic E-state index is 11.7. The molecule has 1 amide bonds. The van der Waals surface area contributed by atoms with Crippen LogP contribution in [0.3, 0.4) is 0 Å². The number of halogens is 1. The predicted octanol–water partition coefficient (Wildman–Crippen LogP) is 0.979. The molecular formula is C12H12ClN5O. The number of carbonyl (C=O) groups excluding carboxylic acids is 1. The van der Waals surface area contributed by atoms with E-state index in [1.807, 2.05) is 6.07 Å². The van der Waals surface area contributed by atoms with Crippen molar-refractivity contribution in [3.63, 3.8) is 0 Å². The molecule has 1 heterocycles. The van der Waals surface area contributed by atoms with Gasteiger partial charge in [-0.1, -0.05) is 12.1 Å². The molecule has 7 heteroatoms. The monoisotopic (exact) mass is 277 g/mol. The molecule has 0 aliphatic rings. The molecule has 2 rings (SSSR count). The lowest BCUT2D eigenvalue weighted by atomic mass is 10.1. The van der Waals surface area contributed by atoms with E-state index >= 15 is 0 Å². The van der Waals surface area contributed by atoms with Crippen LogP contribution in [0.5, 0.6) is 0 Å². The standard InChI is InChI=1S/C12H11N5O.ClH/c13-12(14)17-11(18)9-3-1-2-8(6-9)10-4-5-15-7-16-10;/h1-7H,(H4,13,14,17,18);1H. The highest BCUT2D eigenvalue weighted by atomic mass is 35.5. The molecule has 0 saturated carbocycles. The molecule has 98 valence electrons. The number of hydrogen-bond acceptors (Lipinski definition) is 3. The fourth-order valence-corrected chi connectivity index (χ4v) is 1.45. The first-order valence-corrected chi connectivity index (χ1v) is 5.17. The van der Waals surface area contributed by atoms with Crippen LogP contribution in [0, 0.1) is 0 Å². The molecule has 1 aromatic carbocycles. The van der Waals surface area contributed by atoms with Crippen molar-refractivity contribution in [2.45, 2.75) is 0 Å². The molecule has 4 N–H and O–H groups in total. The first kappa shape index (κ1) is 14.6. The molecule has 0 aliphatic heterocycles. The van der Waals surface area contributed by atoms with Gasteiger partial charge < -0.3 is 11.5 Å². The molecule has 2 aromatic rings. The summed E-state index contributed by atoms with van der Waals surface area (Å²) in [4.78, 5) is 23.1. The van der Waals surface area contributed by atoms with Crippen molar-refractivity contribution in [3.8, 4) is 11.3 Å². The van der Waals surface area contributed by atoms with E-state index in [4.69, 9.17) is 11.5 Å². The van der Waals surface area contributed by atoms with E-state index in [1.54, 1.807) is 30.5 Å². The third-order valence-electron chi connectivity index (χ3n) is 2.22. The average molecular weight is 278 g/mol. The first-order chi connectivity index (χ1) is 8.66. The average Bonchev–Trinajstić information content (AvgIpc) is 2.39. The van der Waals surface area contributed by atoms with Crippen molar-refractivity contribution in [1.29, 1.82) is 0 Å². The summed E-state index contributed by atoms with van der Waals surface area (Å²) < 4.78 is 0. The minimum absolute atomic E-state index is 0. The Bertz CT molecular complexity index is 596. The zero-order valence-electron chi connectivity index (χ0n) is 9.85. The number of aliphatic imine (C=N–C) groups is 1. The maximum Gasteiger partial charge on any atom is 0.280 e. The second kappa shape index (κ2) is 6.46. The van der Waals surface area contributed by atoms with Crippen LogP contribution in [0.4, 0.5) is 0 Å². The summed E-state index contributed by atoms with van der Waals surface area (Å²) in [6.45, 7) is 0. The van der Waals surface area contributed by atoms with Crippen LogP contribution in [0.25, 0.3) is 11.3 Å². The zero-order valence-corrected chi connectivity index (χ0v) is 10.7. The molecule has 6 nitrogen and oxygen atoms in total. The summed E-state index contributed by atoms with van der Waals surface area (Å²) in [5.74, 6) is -0.738. The number of hydrogen-bond donors (Lipinski definition) is 2. The highest BCUT2D eigenvalue weighted by molar-refractivity contribution is 6.02. The van der Waals surface area contributed by atoms with Gasteiger partial charge in [-0.15, -0.1) is 12.4 Å². The largest absolute Gasteiger partial charge is 0.370 e. The number of benzene rings is 1. The third kappa shape index (κ3) is 3.75. The van der Waals surface area contributed by atoms with Crippen LogP contribution in [-0.4, -0.2) is 21.8 Å². The van der Waals surface area contributed by atoms with E-state index in [2.05, 4.69) is 15.0 Å². The number of aromatic nitrogens is 2. The Morgan fingerprint density at radius 2 is 2.00 bits per heavy atom. The molecule has 0 fully saturated rings. The molecule has 0 atom stereocenters. The summed E-state index contributed by atoms with van der Waals surface area (Å²) >= 11 is 0. The van der Waals surface area contributed by atoms with Crippen LogP contribution in [0.2, 0.25) is 0 Å². The first-order valence-electron chi connectivity index (χ1n) is 5.17. The van der Waals surface area contributed by atoms with Crippen LogP contribution >= 0.6 is 12.4 Å². The van der Waals surface area contributed by atoms with Gasteiger partial charge in [-0.2, -0.15) is 4.99 Å². The van der Waals surface area contributed by atoms with Crippen molar-refractivity contribution >= 4 is 24.3 Å². The fraction of sp³-hybridized carbons (Fsp3) is 0. The summed E-state index contributed by atoms with van der Waals surface area (Å²) in [5.41, 5.74) is 12.3. The van der Waals surface area contributed by atoms with Crippen molar-refractivity contribution in [3.05, 3.63) is 48.4 Å². The number of nitrogens with two attached hydrogens (primary N) is 2. The smallest absolute Gasteiger partial charge is 0.280 e. The molecule has 0 radical (unpaired) electrons. The summed E-state index contributed by atoms with van der Waals surface area (Å²) in [5, 5.41) is 0. The van der Waals surface area contributed by atoms with Gasteiger partial charge in [0.25, 0.3) is 5.91 Å². The SMILES string of the molecule is Cl.NC(N)=NC(=O)c1cccc(-c2ccncn2)c1. The van der Waals surface area contributed by atoms with Gasteiger partial charge in [0.1, 0.15) is 6.33 Å². The number of amides is 1. The molecule has 1 aromatic heterocycles. The molecule has 0 saturated heterocycles. The Hall–Kier alpha value is -2.47. The van der Waals surface area contributed by atoms with Crippen molar-refractivity contribution in [2.75, 3.05) is 0 Å². The lowest BCUT2D eigenvalue weighted by Gasteiger charge is -2.02. The highest BCUT2D eigenvalue weighted by Crippen LogP contribution is 2.17. The minimum Gasteiger partial charge on any atom is -0.370 e. The third-order valence-corrected chi connectivity index (χ3v) is 2.22. The van der Waals surface area contributed by atoms with E-state index in [-0.39, 0.29) is 18.4 Å². The van der Waals surface area contributed by atoms with E-state index in [0.717, 1.165) is 11.3 Å². The van der Waals surface area contributed by atoms with Gasteiger partial charge in [0.05, 0.1) is 5.69 Å². The van der Waals surface area contributed by atoms with Gasteiger partial charge in [0.15, 0.2) is 5.96 Å². The second-order valence-electron chi connectivity index (χ2n) is 3.52. The van der Waals surface area contributed by atoms with Gasteiger partial charge >= 0.3 is 0 Å². The lowest BCUT2D eigenvalue weighted by Crippen LogP contribution is -2.24. The fourth-order valence-electron chi connectivity index (χ4n) is 1.45. The van der Waals surface area contributed by atoms with Crippen molar-refractivity contribution in [1.82, 2.24) is 9.97 Å².